The van der Waals surface area contributed by atoms with E-state index in [1.165, 1.54) is 0 Å². The molecule has 0 fully saturated rings. The van der Waals surface area contributed by atoms with Crippen molar-refractivity contribution in [2.45, 2.75) is 39.7 Å². The number of hydrogen-bond donors (Lipinski definition) is 1. The Balaban J connectivity index is 2.26. The summed E-state index contributed by atoms with van der Waals surface area (Å²) in [5.74, 6) is 2.21. The third-order valence-electron chi connectivity index (χ3n) is 3.06. The van der Waals surface area contributed by atoms with Crippen LogP contribution in [-0.4, -0.2) is 34.3 Å². The van der Waals surface area contributed by atoms with Crippen LogP contribution in [0, 0.1) is 4.77 Å². The molecule has 0 radical (unpaired) electrons. The van der Waals surface area contributed by atoms with Gasteiger partial charge in [0.2, 0.25) is 4.77 Å². The summed E-state index contributed by atoms with van der Waals surface area (Å²) in [6, 6.07) is 5.68. The quantitative estimate of drug-likeness (QED) is 0.621. The Bertz CT molecular complexity index is 734. The highest BCUT2D eigenvalue weighted by atomic mass is 32.1. The van der Waals surface area contributed by atoms with Crippen LogP contribution in [0.25, 0.3) is 0 Å². The summed E-state index contributed by atoms with van der Waals surface area (Å²) in [5, 5.41) is 11.4. The van der Waals surface area contributed by atoms with Gasteiger partial charge in [-0.3, -0.25) is 5.10 Å². The molecule has 0 aliphatic heterocycles. The predicted octanol–water partition coefficient (Wildman–Crippen LogP) is 3.57. The minimum atomic E-state index is 0.0873. The zero-order chi connectivity index (χ0) is 16.8. The molecule has 0 aliphatic carbocycles. The Hall–Kier alpha value is -2.15. The molecule has 0 spiro atoms. The van der Waals surface area contributed by atoms with E-state index in [9.17, 15) is 0 Å². The molecule has 23 heavy (non-hydrogen) atoms. The fourth-order valence-electron chi connectivity index (χ4n) is 2.07. The topological polar surface area (TPSA) is 64.4 Å². The van der Waals surface area contributed by atoms with Gasteiger partial charge in [0, 0.05) is 6.42 Å². The summed E-state index contributed by atoms with van der Waals surface area (Å²) in [7, 11) is 1.62. The Kier molecular flexibility index (Phi) is 5.92. The molecule has 0 unspecified atom stereocenters. The number of aryl methyl sites for hydroxylation is 1. The van der Waals surface area contributed by atoms with Gasteiger partial charge in [0.1, 0.15) is 0 Å². The molecular formula is C16H22N4O2S. The molecule has 6 nitrogen and oxygen atoms in total. The van der Waals surface area contributed by atoms with Gasteiger partial charge in [-0.25, -0.2) is 0 Å². The molecule has 0 amide bonds. The molecule has 0 atom stereocenters. The van der Waals surface area contributed by atoms with E-state index >= 15 is 0 Å². The maximum Gasteiger partial charge on any atom is 0.216 e. The predicted molar refractivity (Wildman–Crippen MR) is 93.2 cm³/mol. The third kappa shape index (κ3) is 4.41. The lowest BCUT2D eigenvalue weighted by Gasteiger charge is -2.13. The molecule has 0 saturated heterocycles. The summed E-state index contributed by atoms with van der Waals surface area (Å²) in [6.07, 6.45) is 3.61. The second kappa shape index (κ2) is 7.92. The second-order valence-corrected chi connectivity index (χ2v) is 5.71. The van der Waals surface area contributed by atoms with Crippen LogP contribution in [0.4, 0.5) is 0 Å². The smallest absolute Gasteiger partial charge is 0.216 e. The molecule has 2 rings (SSSR count). The van der Waals surface area contributed by atoms with Crippen LogP contribution in [0.15, 0.2) is 23.3 Å². The molecule has 7 heteroatoms. The largest absolute Gasteiger partial charge is 0.493 e. The Morgan fingerprint density at radius 3 is 2.83 bits per heavy atom. The van der Waals surface area contributed by atoms with E-state index in [1.807, 2.05) is 32.0 Å². The monoisotopic (exact) mass is 334 g/mol. The van der Waals surface area contributed by atoms with Crippen molar-refractivity contribution in [3.8, 4) is 11.5 Å². The molecule has 124 valence electrons. The van der Waals surface area contributed by atoms with E-state index in [0.717, 1.165) is 24.2 Å². The fourth-order valence-corrected chi connectivity index (χ4v) is 2.27. The zero-order valence-electron chi connectivity index (χ0n) is 13.9. The summed E-state index contributed by atoms with van der Waals surface area (Å²) in [4.78, 5) is 0. The van der Waals surface area contributed by atoms with Crippen LogP contribution >= 0.6 is 12.2 Å². The molecule has 2 aromatic rings. The summed E-state index contributed by atoms with van der Waals surface area (Å²) in [5.41, 5.74) is 0.892. The van der Waals surface area contributed by atoms with Crippen LogP contribution in [0.2, 0.25) is 0 Å². The van der Waals surface area contributed by atoms with Crippen molar-refractivity contribution in [1.82, 2.24) is 14.9 Å². The average Bonchev–Trinajstić information content (AvgIpc) is 2.86. The number of aromatic nitrogens is 3. The fraction of sp³-hybridized carbons (Fsp3) is 0.438. The standard InChI is InChI=1S/C16H22N4O2S/c1-5-6-15-18-19-16(23)20(15)17-10-12-7-8-13(22-11(2)3)14(9-12)21-4/h7-11H,5-6H2,1-4H3,(H,19,23)/b17-10-. The van der Waals surface area contributed by atoms with E-state index in [1.54, 1.807) is 18.0 Å². The highest BCUT2D eigenvalue weighted by Crippen LogP contribution is 2.28. The van der Waals surface area contributed by atoms with Crippen LogP contribution in [0.3, 0.4) is 0 Å². The van der Waals surface area contributed by atoms with E-state index in [4.69, 9.17) is 21.7 Å². The minimum Gasteiger partial charge on any atom is -0.493 e. The van der Waals surface area contributed by atoms with Gasteiger partial charge in [-0.15, -0.1) is 0 Å². The summed E-state index contributed by atoms with van der Waals surface area (Å²) in [6.45, 7) is 6.04. The molecule has 0 saturated carbocycles. The first-order chi connectivity index (χ1) is 11.0. The van der Waals surface area contributed by atoms with Gasteiger partial charge in [-0.2, -0.15) is 14.9 Å². The maximum absolute atomic E-state index is 5.71. The highest BCUT2D eigenvalue weighted by molar-refractivity contribution is 7.71. The van der Waals surface area contributed by atoms with E-state index in [-0.39, 0.29) is 6.10 Å². The molecular weight excluding hydrogens is 312 g/mol. The van der Waals surface area contributed by atoms with E-state index in [2.05, 4.69) is 22.2 Å². The second-order valence-electron chi connectivity index (χ2n) is 5.33. The van der Waals surface area contributed by atoms with E-state index in [0.29, 0.717) is 16.3 Å². The van der Waals surface area contributed by atoms with Crippen molar-refractivity contribution in [1.29, 1.82) is 0 Å². The van der Waals surface area contributed by atoms with Crippen molar-refractivity contribution < 1.29 is 9.47 Å². The van der Waals surface area contributed by atoms with Crippen molar-refractivity contribution in [3.05, 3.63) is 34.4 Å². The van der Waals surface area contributed by atoms with Gasteiger partial charge in [0.25, 0.3) is 0 Å². The average molecular weight is 334 g/mol. The van der Waals surface area contributed by atoms with Crippen LogP contribution in [0.1, 0.15) is 38.6 Å². The Morgan fingerprint density at radius 1 is 1.39 bits per heavy atom. The van der Waals surface area contributed by atoms with Crippen LogP contribution in [0.5, 0.6) is 11.5 Å². The lowest BCUT2D eigenvalue weighted by atomic mass is 10.2. The van der Waals surface area contributed by atoms with Crippen molar-refractivity contribution in [2.24, 2.45) is 5.10 Å². The van der Waals surface area contributed by atoms with Gasteiger partial charge in [0.05, 0.1) is 19.4 Å². The normalized spacial score (nSPS) is 11.3. The third-order valence-corrected chi connectivity index (χ3v) is 3.33. The Morgan fingerprint density at radius 2 is 2.17 bits per heavy atom. The van der Waals surface area contributed by atoms with Crippen molar-refractivity contribution in [3.63, 3.8) is 0 Å². The van der Waals surface area contributed by atoms with Crippen LogP contribution in [-0.2, 0) is 6.42 Å². The SMILES string of the molecule is CCCc1n[nH]c(=S)n1/N=C\c1ccc(OC(C)C)c(OC)c1. The Labute approximate surface area is 141 Å². The molecule has 1 aromatic heterocycles. The zero-order valence-corrected chi connectivity index (χ0v) is 14.7. The van der Waals surface area contributed by atoms with E-state index < -0.39 is 0 Å². The van der Waals surface area contributed by atoms with Gasteiger partial charge < -0.3 is 9.47 Å². The number of ether oxygens (including phenoxy) is 2. The summed E-state index contributed by atoms with van der Waals surface area (Å²) < 4.78 is 13.2. The van der Waals surface area contributed by atoms with Crippen molar-refractivity contribution in [2.75, 3.05) is 7.11 Å². The number of H-pyrrole nitrogens is 1. The summed E-state index contributed by atoms with van der Waals surface area (Å²) >= 11 is 5.21. The maximum atomic E-state index is 5.71. The minimum absolute atomic E-state index is 0.0873. The lowest BCUT2D eigenvalue weighted by Crippen LogP contribution is -2.07. The van der Waals surface area contributed by atoms with Gasteiger partial charge in [-0.05, 0) is 56.2 Å². The molecule has 1 heterocycles. The first-order valence-electron chi connectivity index (χ1n) is 7.60. The number of benzene rings is 1. The highest BCUT2D eigenvalue weighted by Gasteiger charge is 2.07. The number of rotatable bonds is 7. The molecule has 1 N–H and O–H groups in total. The van der Waals surface area contributed by atoms with Gasteiger partial charge in [-0.1, -0.05) is 6.92 Å². The molecule has 1 aromatic carbocycles. The lowest BCUT2D eigenvalue weighted by molar-refractivity contribution is 0.230. The molecule has 0 aliphatic rings. The number of hydrogen-bond acceptors (Lipinski definition) is 5. The molecule has 0 bridgehead atoms. The van der Waals surface area contributed by atoms with Crippen molar-refractivity contribution >= 4 is 18.4 Å². The first-order valence-corrected chi connectivity index (χ1v) is 8.01. The first kappa shape index (κ1) is 17.2. The van der Waals surface area contributed by atoms with Gasteiger partial charge in [0.15, 0.2) is 17.3 Å². The number of nitrogens with one attached hydrogen (secondary N) is 1. The number of nitrogens with zero attached hydrogens (tertiary/aromatic N) is 3. The van der Waals surface area contributed by atoms with Gasteiger partial charge >= 0.3 is 0 Å². The van der Waals surface area contributed by atoms with Crippen LogP contribution < -0.4 is 9.47 Å². The number of methoxy groups -OCH3 is 1. The number of aromatic amines is 1.